The Morgan fingerprint density at radius 3 is 2.00 bits per heavy atom. The molecule has 0 N–H and O–H groups in total. The topological polar surface area (TPSA) is 32.8 Å². The summed E-state index contributed by atoms with van der Waals surface area (Å²) in [5.74, 6) is 0.119. The van der Waals surface area contributed by atoms with Gasteiger partial charge in [0, 0.05) is 19.6 Å². The summed E-state index contributed by atoms with van der Waals surface area (Å²) in [6.45, 7) is 8.50. The van der Waals surface area contributed by atoms with E-state index in [1.54, 1.807) is 17.1 Å². The molecule has 0 aromatic rings. The van der Waals surface area contributed by atoms with E-state index in [1.165, 1.54) is 0 Å². The molecule has 4 heteroatoms. The lowest BCUT2D eigenvalue weighted by Crippen LogP contribution is -2.39. The molecule has 0 bridgehead atoms. The van der Waals surface area contributed by atoms with Crippen molar-refractivity contribution in [3.05, 3.63) is 0 Å². The van der Waals surface area contributed by atoms with Gasteiger partial charge in [0.05, 0.1) is 7.11 Å². The highest BCUT2D eigenvalue weighted by atomic mass is 16.7. The Kier molecular flexibility index (Phi) is 6.54. The first-order valence-electron chi connectivity index (χ1n) is 4.76. The summed E-state index contributed by atoms with van der Waals surface area (Å²) >= 11 is 0. The van der Waals surface area contributed by atoms with Gasteiger partial charge in [-0.25, -0.2) is 0 Å². The predicted octanol–water partition coefficient (Wildman–Crippen LogP) is 0.738. The van der Waals surface area contributed by atoms with Crippen molar-refractivity contribution in [2.45, 2.75) is 20.8 Å². The molecule has 0 saturated carbocycles. The highest BCUT2D eigenvalue weighted by Crippen LogP contribution is 1.93. The zero-order valence-corrected chi connectivity index (χ0v) is 9.04. The van der Waals surface area contributed by atoms with Crippen molar-refractivity contribution in [1.82, 2.24) is 9.96 Å². The molecule has 13 heavy (non-hydrogen) atoms. The van der Waals surface area contributed by atoms with Crippen LogP contribution in [0.1, 0.15) is 20.8 Å². The first kappa shape index (κ1) is 12.4. The van der Waals surface area contributed by atoms with E-state index in [2.05, 4.69) is 0 Å². The number of likely N-dealkylation sites (N-methyl/N-ethyl adjacent to an activating group) is 2. The maximum atomic E-state index is 11.5. The zero-order chi connectivity index (χ0) is 10.3. The highest BCUT2D eigenvalue weighted by Gasteiger charge is 2.12. The molecular weight excluding hydrogens is 168 g/mol. The summed E-state index contributed by atoms with van der Waals surface area (Å²) in [6, 6.07) is 0. The third kappa shape index (κ3) is 4.24. The first-order valence-corrected chi connectivity index (χ1v) is 4.76. The van der Waals surface area contributed by atoms with Crippen LogP contribution < -0.4 is 0 Å². The van der Waals surface area contributed by atoms with E-state index in [4.69, 9.17) is 4.84 Å². The van der Waals surface area contributed by atoms with E-state index in [-0.39, 0.29) is 5.91 Å². The van der Waals surface area contributed by atoms with Crippen molar-refractivity contribution in [1.29, 1.82) is 0 Å². The minimum Gasteiger partial charge on any atom is -0.342 e. The largest absolute Gasteiger partial charge is 0.342 e. The average molecular weight is 188 g/mol. The van der Waals surface area contributed by atoms with Crippen LogP contribution in [0.15, 0.2) is 0 Å². The molecule has 0 spiro atoms. The number of hydrogen-bond acceptors (Lipinski definition) is 3. The average Bonchev–Trinajstić information content (AvgIpc) is 2.16. The van der Waals surface area contributed by atoms with Crippen LogP contribution in [-0.4, -0.2) is 49.2 Å². The van der Waals surface area contributed by atoms with Crippen LogP contribution in [0.5, 0.6) is 0 Å². The second-order valence-electron chi connectivity index (χ2n) is 2.70. The van der Waals surface area contributed by atoms with Crippen molar-refractivity contribution in [3.8, 4) is 0 Å². The van der Waals surface area contributed by atoms with Crippen LogP contribution in [0, 0.1) is 0 Å². The summed E-state index contributed by atoms with van der Waals surface area (Å²) in [4.78, 5) is 18.3. The first-order chi connectivity index (χ1) is 6.19. The minimum absolute atomic E-state index is 0.119. The number of amides is 1. The van der Waals surface area contributed by atoms with Crippen LogP contribution in [0.2, 0.25) is 0 Å². The van der Waals surface area contributed by atoms with Crippen molar-refractivity contribution < 1.29 is 9.63 Å². The Morgan fingerprint density at radius 2 is 1.69 bits per heavy atom. The standard InChI is InChI=1S/C9H20N2O2/c1-5-10(6-2)9(12)8-11(7-3)13-4/h5-8H2,1-4H3. The summed E-state index contributed by atoms with van der Waals surface area (Å²) in [5, 5.41) is 1.64. The van der Waals surface area contributed by atoms with Gasteiger partial charge in [-0.3, -0.25) is 4.79 Å². The Labute approximate surface area is 80.4 Å². The fraction of sp³-hybridized carbons (Fsp3) is 0.889. The number of hydroxylamine groups is 2. The normalized spacial score (nSPS) is 10.5. The van der Waals surface area contributed by atoms with Gasteiger partial charge < -0.3 is 9.74 Å². The Bertz CT molecular complexity index is 143. The van der Waals surface area contributed by atoms with Gasteiger partial charge in [0.15, 0.2) is 0 Å². The third-order valence-corrected chi connectivity index (χ3v) is 2.04. The number of carbonyl (C=O) groups excluding carboxylic acids is 1. The van der Waals surface area contributed by atoms with Gasteiger partial charge >= 0.3 is 0 Å². The molecule has 0 aromatic carbocycles. The lowest BCUT2D eigenvalue weighted by molar-refractivity contribution is -0.156. The minimum atomic E-state index is 0.119. The number of rotatable bonds is 6. The van der Waals surface area contributed by atoms with E-state index < -0.39 is 0 Å². The van der Waals surface area contributed by atoms with Crippen LogP contribution in [0.3, 0.4) is 0 Å². The molecule has 78 valence electrons. The van der Waals surface area contributed by atoms with E-state index in [0.29, 0.717) is 6.54 Å². The van der Waals surface area contributed by atoms with Crippen molar-refractivity contribution in [2.75, 3.05) is 33.3 Å². The quantitative estimate of drug-likeness (QED) is 0.576. The maximum Gasteiger partial charge on any atom is 0.239 e. The molecule has 4 nitrogen and oxygen atoms in total. The molecule has 0 unspecified atom stereocenters. The number of hydrogen-bond donors (Lipinski definition) is 0. The highest BCUT2D eigenvalue weighted by molar-refractivity contribution is 5.78. The van der Waals surface area contributed by atoms with Crippen LogP contribution in [-0.2, 0) is 9.63 Å². The smallest absolute Gasteiger partial charge is 0.239 e. The Hall–Kier alpha value is -0.610. The summed E-state index contributed by atoms with van der Waals surface area (Å²) in [7, 11) is 1.58. The number of nitrogens with zero attached hydrogens (tertiary/aromatic N) is 2. The molecular formula is C9H20N2O2. The Balaban J connectivity index is 3.95. The number of carbonyl (C=O) groups is 1. The molecule has 0 rings (SSSR count). The van der Waals surface area contributed by atoms with Gasteiger partial charge in [0.1, 0.15) is 6.54 Å². The second-order valence-corrected chi connectivity index (χ2v) is 2.70. The van der Waals surface area contributed by atoms with Crippen LogP contribution >= 0.6 is 0 Å². The fourth-order valence-electron chi connectivity index (χ4n) is 1.13. The van der Waals surface area contributed by atoms with Crippen LogP contribution in [0.4, 0.5) is 0 Å². The SMILES string of the molecule is CCN(CC(=O)N(CC)CC)OC. The van der Waals surface area contributed by atoms with Crippen molar-refractivity contribution in [2.24, 2.45) is 0 Å². The van der Waals surface area contributed by atoms with E-state index in [9.17, 15) is 4.79 Å². The van der Waals surface area contributed by atoms with Crippen molar-refractivity contribution >= 4 is 5.91 Å². The van der Waals surface area contributed by atoms with Gasteiger partial charge in [0.2, 0.25) is 5.91 Å². The van der Waals surface area contributed by atoms with E-state index in [0.717, 1.165) is 19.6 Å². The van der Waals surface area contributed by atoms with Crippen LogP contribution in [0.25, 0.3) is 0 Å². The molecule has 0 atom stereocenters. The summed E-state index contributed by atoms with van der Waals surface area (Å²) < 4.78 is 0. The molecule has 0 heterocycles. The van der Waals surface area contributed by atoms with Gasteiger partial charge in [0.25, 0.3) is 0 Å². The van der Waals surface area contributed by atoms with Gasteiger partial charge in [-0.15, -0.1) is 0 Å². The maximum absolute atomic E-state index is 11.5. The van der Waals surface area contributed by atoms with Crippen molar-refractivity contribution in [3.63, 3.8) is 0 Å². The zero-order valence-electron chi connectivity index (χ0n) is 9.04. The monoisotopic (exact) mass is 188 g/mol. The molecule has 0 aromatic heterocycles. The summed E-state index contributed by atoms with van der Waals surface area (Å²) in [5.41, 5.74) is 0. The van der Waals surface area contributed by atoms with E-state index >= 15 is 0 Å². The second kappa shape index (κ2) is 6.86. The molecule has 0 saturated heterocycles. The molecule has 0 radical (unpaired) electrons. The molecule has 1 amide bonds. The fourth-order valence-corrected chi connectivity index (χ4v) is 1.13. The lowest BCUT2D eigenvalue weighted by Gasteiger charge is -2.23. The molecule has 0 aliphatic carbocycles. The molecule has 0 fully saturated rings. The summed E-state index contributed by atoms with van der Waals surface area (Å²) in [6.07, 6.45) is 0. The van der Waals surface area contributed by atoms with Gasteiger partial charge in [-0.1, -0.05) is 6.92 Å². The van der Waals surface area contributed by atoms with E-state index in [1.807, 2.05) is 20.8 Å². The Morgan fingerprint density at radius 1 is 1.15 bits per heavy atom. The van der Waals surface area contributed by atoms with Gasteiger partial charge in [-0.2, -0.15) is 5.06 Å². The molecule has 0 aliphatic heterocycles. The molecule has 0 aliphatic rings. The van der Waals surface area contributed by atoms with Gasteiger partial charge in [-0.05, 0) is 13.8 Å². The predicted molar refractivity (Wildman–Crippen MR) is 52.2 cm³/mol. The lowest BCUT2D eigenvalue weighted by atomic mass is 10.4. The third-order valence-electron chi connectivity index (χ3n) is 2.04.